The molecule has 0 saturated carbocycles. The van der Waals surface area contributed by atoms with E-state index in [0.717, 1.165) is 16.5 Å². The van der Waals surface area contributed by atoms with Crippen LogP contribution in [0.1, 0.15) is 12.6 Å². The lowest BCUT2D eigenvalue weighted by Gasteiger charge is -2.08. The topological polar surface area (TPSA) is 92.4 Å². The zero-order chi connectivity index (χ0) is 14.5. The third-order valence-electron chi connectivity index (χ3n) is 2.51. The van der Waals surface area contributed by atoms with Gasteiger partial charge in [-0.05, 0) is 24.4 Å². The van der Waals surface area contributed by atoms with Crippen molar-refractivity contribution in [3.8, 4) is 0 Å². The predicted molar refractivity (Wildman–Crippen MR) is 83.6 cm³/mol. The van der Waals surface area contributed by atoms with Gasteiger partial charge in [0.15, 0.2) is 5.11 Å². The monoisotopic (exact) mass is 287 g/mol. The highest BCUT2D eigenvalue weighted by molar-refractivity contribution is 7.80. The van der Waals surface area contributed by atoms with Gasteiger partial charge in [-0.3, -0.25) is 15.2 Å². The quantitative estimate of drug-likeness (QED) is 0.450. The lowest BCUT2D eigenvalue weighted by molar-refractivity contribution is -0.114. The van der Waals surface area contributed by atoms with E-state index in [-0.39, 0.29) is 11.0 Å². The second-order valence-electron chi connectivity index (χ2n) is 4.01. The molecule has 0 aliphatic heterocycles. The average molecular weight is 287 g/mol. The van der Waals surface area contributed by atoms with E-state index >= 15 is 0 Å². The van der Waals surface area contributed by atoms with E-state index in [4.69, 9.17) is 5.73 Å². The number of aromatic nitrogens is 1. The Morgan fingerprint density at radius 1 is 1.40 bits per heavy atom. The number of anilines is 1. The Kier molecular flexibility index (Phi) is 4.21. The smallest absolute Gasteiger partial charge is 0.221 e. The molecule has 6 nitrogen and oxygen atoms in total. The van der Waals surface area contributed by atoms with Gasteiger partial charge in [0.2, 0.25) is 5.91 Å². The summed E-state index contributed by atoms with van der Waals surface area (Å²) < 4.78 is 0. The summed E-state index contributed by atoms with van der Waals surface area (Å²) in [6, 6.07) is 7.40. The van der Waals surface area contributed by atoms with Crippen molar-refractivity contribution in [2.75, 3.05) is 5.32 Å². The van der Waals surface area contributed by atoms with Crippen LogP contribution >= 0.6 is 12.2 Å². The average Bonchev–Trinajstić information content (AvgIpc) is 2.38. The molecule has 102 valence electrons. The molecule has 0 aliphatic carbocycles. The summed E-state index contributed by atoms with van der Waals surface area (Å²) >= 11 is 4.66. The van der Waals surface area contributed by atoms with Crippen LogP contribution in [0.15, 0.2) is 35.6 Å². The van der Waals surface area contributed by atoms with Crippen LogP contribution in [0, 0.1) is 0 Å². The maximum Gasteiger partial charge on any atom is 0.221 e. The molecule has 0 bridgehead atoms. The molecule has 0 radical (unpaired) electrons. The zero-order valence-electron chi connectivity index (χ0n) is 10.8. The van der Waals surface area contributed by atoms with Gasteiger partial charge in [-0.25, -0.2) is 0 Å². The molecular weight excluding hydrogens is 274 g/mol. The summed E-state index contributed by atoms with van der Waals surface area (Å²) in [6.07, 6.45) is 3.18. The van der Waals surface area contributed by atoms with Crippen LogP contribution in [-0.4, -0.2) is 22.2 Å². The highest BCUT2D eigenvalue weighted by Gasteiger charge is 2.05. The first-order chi connectivity index (χ1) is 9.58. The van der Waals surface area contributed by atoms with Gasteiger partial charge in [0.25, 0.3) is 0 Å². The van der Waals surface area contributed by atoms with Crippen LogP contribution in [0.25, 0.3) is 10.8 Å². The summed E-state index contributed by atoms with van der Waals surface area (Å²) in [5, 5.41) is 8.51. The number of amides is 1. The normalized spacial score (nSPS) is 10.7. The number of thiocarbonyl (C=S) groups is 1. The van der Waals surface area contributed by atoms with Crippen molar-refractivity contribution < 1.29 is 4.79 Å². The molecule has 1 aromatic carbocycles. The largest absolute Gasteiger partial charge is 0.375 e. The molecule has 2 aromatic rings. The lowest BCUT2D eigenvalue weighted by atomic mass is 10.1. The van der Waals surface area contributed by atoms with Gasteiger partial charge >= 0.3 is 0 Å². The number of hydrogen-bond donors (Lipinski definition) is 3. The molecule has 2 rings (SSSR count). The number of fused-ring (bicyclic) bond motifs is 1. The molecule has 0 spiro atoms. The Morgan fingerprint density at radius 3 is 2.90 bits per heavy atom. The predicted octanol–water partition coefficient (Wildman–Crippen LogP) is 1.36. The van der Waals surface area contributed by atoms with Gasteiger partial charge < -0.3 is 11.1 Å². The van der Waals surface area contributed by atoms with E-state index in [9.17, 15) is 4.79 Å². The standard InChI is InChI=1S/C13H13N5OS/c1-8(19)17-11-4-2-3-9-10(11)5-6-15-12(9)7-16-18-13(14)20/h2-7H,1H3,(H,17,19)(H3,14,18,20). The van der Waals surface area contributed by atoms with Crippen molar-refractivity contribution in [3.05, 3.63) is 36.2 Å². The number of carbonyl (C=O) groups is 1. The Labute approximate surface area is 121 Å². The molecule has 20 heavy (non-hydrogen) atoms. The van der Waals surface area contributed by atoms with E-state index in [1.807, 2.05) is 24.3 Å². The summed E-state index contributed by atoms with van der Waals surface area (Å²) in [5.74, 6) is -0.125. The molecule has 1 amide bonds. The maximum atomic E-state index is 11.2. The van der Waals surface area contributed by atoms with Crippen LogP contribution in [0.4, 0.5) is 5.69 Å². The minimum absolute atomic E-state index is 0.0837. The number of rotatable bonds is 3. The number of hydrazone groups is 1. The van der Waals surface area contributed by atoms with E-state index < -0.39 is 0 Å². The summed E-state index contributed by atoms with van der Waals surface area (Å²) in [4.78, 5) is 15.4. The summed E-state index contributed by atoms with van der Waals surface area (Å²) in [6.45, 7) is 1.47. The number of benzene rings is 1. The minimum Gasteiger partial charge on any atom is -0.375 e. The van der Waals surface area contributed by atoms with Gasteiger partial charge in [0.1, 0.15) is 0 Å². The molecule has 1 aromatic heterocycles. The number of nitrogens with two attached hydrogens (primary N) is 1. The van der Waals surface area contributed by atoms with Crippen molar-refractivity contribution in [2.45, 2.75) is 6.92 Å². The van der Waals surface area contributed by atoms with E-state index in [1.54, 1.807) is 6.20 Å². The summed E-state index contributed by atoms with van der Waals surface area (Å²) in [5.41, 5.74) is 9.14. The first-order valence-electron chi connectivity index (χ1n) is 5.82. The van der Waals surface area contributed by atoms with Crippen LogP contribution in [-0.2, 0) is 4.79 Å². The number of nitrogens with zero attached hydrogens (tertiary/aromatic N) is 2. The number of carbonyl (C=O) groups excluding carboxylic acids is 1. The Balaban J connectivity index is 2.45. The SMILES string of the molecule is CC(=O)Nc1cccc2c(C=NNC(N)=S)nccc12. The van der Waals surface area contributed by atoms with Gasteiger partial charge in [-0.2, -0.15) is 5.10 Å². The van der Waals surface area contributed by atoms with E-state index in [1.165, 1.54) is 13.1 Å². The van der Waals surface area contributed by atoms with E-state index in [2.05, 4.69) is 33.0 Å². The third-order valence-corrected chi connectivity index (χ3v) is 2.60. The lowest BCUT2D eigenvalue weighted by Crippen LogP contribution is -2.24. The zero-order valence-corrected chi connectivity index (χ0v) is 11.6. The molecule has 0 fully saturated rings. The van der Waals surface area contributed by atoms with Crippen molar-refractivity contribution in [2.24, 2.45) is 10.8 Å². The van der Waals surface area contributed by atoms with Crippen LogP contribution in [0.3, 0.4) is 0 Å². The summed E-state index contributed by atoms with van der Waals surface area (Å²) in [7, 11) is 0. The number of pyridine rings is 1. The molecule has 7 heteroatoms. The van der Waals surface area contributed by atoms with E-state index in [0.29, 0.717) is 5.69 Å². The fourth-order valence-electron chi connectivity index (χ4n) is 1.79. The fraction of sp³-hybridized carbons (Fsp3) is 0.0769. The van der Waals surface area contributed by atoms with Gasteiger partial charge in [-0.15, -0.1) is 0 Å². The molecule has 0 aliphatic rings. The van der Waals surface area contributed by atoms with Crippen molar-refractivity contribution in [1.82, 2.24) is 10.4 Å². The second kappa shape index (κ2) is 6.07. The first-order valence-corrected chi connectivity index (χ1v) is 6.22. The third kappa shape index (κ3) is 3.27. The van der Waals surface area contributed by atoms with Crippen molar-refractivity contribution in [3.63, 3.8) is 0 Å². The van der Waals surface area contributed by atoms with Crippen LogP contribution in [0.5, 0.6) is 0 Å². The van der Waals surface area contributed by atoms with Crippen LogP contribution in [0.2, 0.25) is 0 Å². The van der Waals surface area contributed by atoms with Crippen molar-refractivity contribution in [1.29, 1.82) is 0 Å². The minimum atomic E-state index is -0.125. The second-order valence-corrected chi connectivity index (χ2v) is 4.45. The molecule has 4 N–H and O–H groups in total. The Hall–Kier alpha value is -2.54. The van der Waals surface area contributed by atoms with Gasteiger partial charge in [0.05, 0.1) is 11.9 Å². The molecule has 0 saturated heterocycles. The highest BCUT2D eigenvalue weighted by atomic mass is 32.1. The highest BCUT2D eigenvalue weighted by Crippen LogP contribution is 2.24. The fourth-order valence-corrected chi connectivity index (χ4v) is 1.84. The van der Waals surface area contributed by atoms with Gasteiger partial charge in [-0.1, -0.05) is 12.1 Å². The Bertz CT molecular complexity index is 698. The molecule has 1 heterocycles. The molecule has 0 unspecified atom stereocenters. The van der Waals surface area contributed by atoms with Crippen LogP contribution < -0.4 is 16.5 Å². The first kappa shape index (κ1) is 13.9. The Morgan fingerprint density at radius 2 is 2.20 bits per heavy atom. The molecule has 0 atom stereocenters. The number of nitrogens with one attached hydrogen (secondary N) is 2. The van der Waals surface area contributed by atoms with Gasteiger partial charge in [0, 0.05) is 29.6 Å². The number of hydrogen-bond acceptors (Lipinski definition) is 4. The maximum absolute atomic E-state index is 11.2. The van der Waals surface area contributed by atoms with Crippen molar-refractivity contribution >= 4 is 45.9 Å². The molecular formula is C13H13N5OS.